The minimum absolute atomic E-state index is 0.172. The molecule has 0 bridgehead atoms. The van der Waals surface area contributed by atoms with Crippen molar-refractivity contribution in [3.63, 3.8) is 0 Å². The van der Waals surface area contributed by atoms with Crippen molar-refractivity contribution in [2.45, 2.75) is 25.8 Å². The van der Waals surface area contributed by atoms with E-state index in [0.717, 1.165) is 25.2 Å². The van der Waals surface area contributed by atoms with Crippen molar-refractivity contribution in [3.05, 3.63) is 46.5 Å². The van der Waals surface area contributed by atoms with E-state index < -0.39 is 0 Å². The minimum Gasteiger partial charge on any atom is -0.302 e. The van der Waals surface area contributed by atoms with Gasteiger partial charge < -0.3 is 4.90 Å². The molecular weight excluding hydrogens is 328 g/mol. The number of hydrogen-bond acceptors (Lipinski definition) is 5. The second kappa shape index (κ2) is 7.10. The lowest BCUT2D eigenvalue weighted by Crippen LogP contribution is -2.34. The number of fused-ring (bicyclic) bond motifs is 1. The van der Waals surface area contributed by atoms with Crippen LogP contribution >= 0.6 is 0 Å². The standard InChI is InChI=1S/C19H20N6O/c20-12-14-4-6-15(7-5-14)16-13-21-17-18(22-16)25(19(26)23-17)11-10-24-8-2-1-3-9-24/h4-7,13H,1-3,8-11H2,(H,21,23,26). The maximum atomic E-state index is 12.3. The van der Waals surface area contributed by atoms with Crippen molar-refractivity contribution in [2.24, 2.45) is 0 Å². The summed E-state index contributed by atoms with van der Waals surface area (Å²) in [6.45, 7) is 3.64. The third kappa shape index (κ3) is 3.24. The first kappa shape index (κ1) is 16.5. The van der Waals surface area contributed by atoms with Crippen molar-refractivity contribution in [3.8, 4) is 17.3 Å². The van der Waals surface area contributed by atoms with Crippen molar-refractivity contribution in [1.82, 2.24) is 24.4 Å². The predicted molar refractivity (Wildman–Crippen MR) is 98.6 cm³/mol. The van der Waals surface area contributed by atoms with Gasteiger partial charge in [0.25, 0.3) is 0 Å². The summed E-state index contributed by atoms with van der Waals surface area (Å²) in [5, 5.41) is 8.92. The van der Waals surface area contributed by atoms with Crippen molar-refractivity contribution >= 4 is 11.3 Å². The molecule has 0 aliphatic carbocycles. The summed E-state index contributed by atoms with van der Waals surface area (Å²) < 4.78 is 1.67. The van der Waals surface area contributed by atoms with Crippen LogP contribution in [0.5, 0.6) is 0 Å². The highest BCUT2D eigenvalue weighted by molar-refractivity contribution is 5.71. The van der Waals surface area contributed by atoms with Crippen LogP contribution in [0.25, 0.3) is 22.6 Å². The number of rotatable bonds is 4. The van der Waals surface area contributed by atoms with Crippen molar-refractivity contribution in [1.29, 1.82) is 5.26 Å². The molecule has 1 aliphatic rings. The molecule has 2 aromatic heterocycles. The summed E-state index contributed by atoms with van der Waals surface area (Å²) in [5.74, 6) is 0. The number of benzene rings is 1. The Hall–Kier alpha value is -2.98. The molecule has 3 aromatic rings. The molecular formula is C19H20N6O. The van der Waals surface area contributed by atoms with E-state index in [-0.39, 0.29) is 5.69 Å². The van der Waals surface area contributed by atoms with E-state index in [2.05, 4.69) is 25.9 Å². The van der Waals surface area contributed by atoms with Gasteiger partial charge in [-0.25, -0.2) is 14.8 Å². The average molecular weight is 348 g/mol. The molecule has 0 unspecified atom stereocenters. The third-order valence-corrected chi connectivity index (χ3v) is 4.88. The Morgan fingerprint density at radius 1 is 1.12 bits per heavy atom. The zero-order valence-corrected chi connectivity index (χ0v) is 14.5. The molecule has 0 amide bonds. The second-order valence-corrected chi connectivity index (χ2v) is 6.60. The summed E-state index contributed by atoms with van der Waals surface area (Å²) in [7, 11) is 0. The largest absolute Gasteiger partial charge is 0.328 e. The molecule has 132 valence electrons. The van der Waals surface area contributed by atoms with Crippen LogP contribution in [-0.4, -0.2) is 44.1 Å². The second-order valence-electron chi connectivity index (χ2n) is 6.60. The van der Waals surface area contributed by atoms with E-state index in [0.29, 0.717) is 29.1 Å². The molecule has 26 heavy (non-hydrogen) atoms. The molecule has 0 atom stereocenters. The summed E-state index contributed by atoms with van der Waals surface area (Å²) in [6, 6.07) is 9.30. The molecule has 0 radical (unpaired) electrons. The molecule has 3 heterocycles. The fourth-order valence-corrected chi connectivity index (χ4v) is 3.41. The highest BCUT2D eigenvalue weighted by Crippen LogP contribution is 2.19. The van der Waals surface area contributed by atoms with Gasteiger partial charge in [0.1, 0.15) is 0 Å². The van der Waals surface area contributed by atoms with Gasteiger partial charge in [-0.2, -0.15) is 5.26 Å². The number of nitrogens with zero attached hydrogens (tertiary/aromatic N) is 5. The highest BCUT2D eigenvalue weighted by atomic mass is 16.1. The van der Waals surface area contributed by atoms with E-state index in [1.165, 1.54) is 19.3 Å². The van der Waals surface area contributed by atoms with Gasteiger partial charge in [-0.05, 0) is 38.1 Å². The van der Waals surface area contributed by atoms with Gasteiger partial charge in [0.05, 0.1) is 23.5 Å². The fourth-order valence-electron chi connectivity index (χ4n) is 3.41. The number of aromatic amines is 1. The highest BCUT2D eigenvalue weighted by Gasteiger charge is 2.14. The molecule has 0 saturated carbocycles. The van der Waals surface area contributed by atoms with Crippen LogP contribution in [0.15, 0.2) is 35.3 Å². The van der Waals surface area contributed by atoms with Crippen LogP contribution in [0, 0.1) is 11.3 Å². The normalized spacial score (nSPS) is 15.2. The summed E-state index contributed by atoms with van der Waals surface area (Å²) in [6.07, 6.45) is 5.40. The predicted octanol–water partition coefficient (Wildman–Crippen LogP) is 2.14. The Bertz CT molecular complexity index is 1010. The molecule has 0 spiro atoms. The fraction of sp³-hybridized carbons (Fsp3) is 0.368. The van der Waals surface area contributed by atoms with Crippen LogP contribution in [0.1, 0.15) is 24.8 Å². The molecule has 1 aliphatic heterocycles. The Kier molecular flexibility index (Phi) is 4.50. The maximum Gasteiger partial charge on any atom is 0.328 e. The Morgan fingerprint density at radius 2 is 1.88 bits per heavy atom. The summed E-state index contributed by atoms with van der Waals surface area (Å²) >= 11 is 0. The molecule has 7 nitrogen and oxygen atoms in total. The van der Waals surface area contributed by atoms with E-state index in [4.69, 9.17) is 5.26 Å². The van der Waals surface area contributed by atoms with E-state index in [1.807, 2.05) is 12.1 Å². The Balaban J connectivity index is 1.63. The first-order valence-corrected chi connectivity index (χ1v) is 8.93. The monoisotopic (exact) mass is 348 g/mol. The third-order valence-electron chi connectivity index (χ3n) is 4.88. The number of likely N-dealkylation sites (tertiary alicyclic amines) is 1. The van der Waals surface area contributed by atoms with E-state index >= 15 is 0 Å². The first-order chi connectivity index (χ1) is 12.7. The van der Waals surface area contributed by atoms with Crippen LogP contribution in [0.4, 0.5) is 0 Å². The molecule has 1 fully saturated rings. The van der Waals surface area contributed by atoms with Gasteiger partial charge in [0.2, 0.25) is 0 Å². The number of nitrogens with one attached hydrogen (secondary N) is 1. The van der Waals surface area contributed by atoms with Crippen molar-refractivity contribution in [2.75, 3.05) is 19.6 Å². The number of piperidine rings is 1. The zero-order chi connectivity index (χ0) is 17.9. The number of aromatic nitrogens is 4. The van der Waals surface area contributed by atoms with E-state index in [9.17, 15) is 4.79 Å². The molecule has 1 saturated heterocycles. The van der Waals surface area contributed by atoms with Crippen LogP contribution in [0.2, 0.25) is 0 Å². The first-order valence-electron chi connectivity index (χ1n) is 8.93. The van der Waals surface area contributed by atoms with E-state index in [1.54, 1.807) is 22.9 Å². The lowest BCUT2D eigenvalue weighted by atomic mass is 10.1. The maximum absolute atomic E-state index is 12.3. The summed E-state index contributed by atoms with van der Waals surface area (Å²) in [5.41, 5.74) is 3.07. The van der Waals surface area contributed by atoms with Gasteiger partial charge in [-0.3, -0.25) is 9.55 Å². The van der Waals surface area contributed by atoms with Gasteiger partial charge >= 0.3 is 5.69 Å². The molecule has 7 heteroatoms. The molecule has 1 N–H and O–H groups in total. The summed E-state index contributed by atoms with van der Waals surface area (Å²) in [4.78, 5) is 26.5. The topological polar surface area (TPSA) is 90.6 Å². The van der Waals surface area contributed by atoms with Crippen LogP contribution in [-0.2, 0) is 6.54 Å². The number of imidazole rings is 1. The van der Waals surface area contributed by atoms with Gasteiger partial charge in [0.15, 0.2) is 11.3 Å². The van der Waals surface area contributed by atoms with Crippen LogP contribution < -0.4 is 5.69 Å². The zero-order valence-electron chi connectivity index (χ0n) is 14.5. The minimum atomic E-state index is -0.172. The Morgan fingerprint density at radius 3 is 2.62 bits per heavy atom. The lowest BCUT2D eigenvalue weighted by Gasteiger charge is -2.26. The van der Waals surface area contributed by atoms with Gasteiger partial charge in [0, 0.05) is 18.7 Å². The van der Waals surface area contributed by atoms with Gasteiger partial charge in [-0.15, -0.1) is 0 Å². The van der Waals surface area contributed by atoms with Gasteiger partial charge in [-0.1, -0.05) is 18.6 Å². The smallest absolute Gasteiger partial charge is 0.302 e. The SMILES string of the molecule is N#Cc1ccc(-c2cnc3[nH]c(=O)n(CCN4CCCCC4)c3n2)cc1. The molecule has 4 rings (SSSR count). The molecule has 1 aromatic carbocycles. The number of hydrogen-bond donors (Lipinski definition) is 1. The quantitative estimate of drug-likeness (QED) is 0.780. The van der Waals surface area contributed by atoms with Crippen molar-refractivity contribution < 1.29 is 0 Å². The number of H-pyrrole nitrogens is 1. The number of nitriles is 1. The van der Waals surface area contributed by atoms with Crippen LogP contribution in [0.3, 0.4) is 0 Å². The Labute approximate surface area is 150 Å². The average Bonchev–Trinajstić information content (AvgIpc) is 3.01. The lowest BCUT2D eigenvalue weighted by molar-refractivity contribution is 0.221.